The molecule has 8 nitrogen and oxygen atoms in total. The Labute approximate surface area is 206 Å². The average Bonchev–Trinajstić information content (AvgIpc) is 3.36. The maximum absolute atomic E-state index is 12.6. The molecule has 2 heterocycles. The number of aryl methyl sites for hydroxylation is 1. The summed E-state index contributed by atoms with van der Waals surface area (Å²) in [6.07, 6.45) is 4.28. The zero-order valence-electron chi connectivity index (χ0n) is 20.5. The number of carbonyl (C=O) groups excluding carboxylic acids is 2. The van der Waals surface area contributed by atoms with Crippen molar-refractivity contribution in [1.29, 1.82) is 0 Å². The molecule has 3 aromatic rings. The fraction of sp³-hybridized carbons (Fsp3) is 0.407. The van der Waals surface area contributed by atoms with Crippen molar-refractivity contribution in [2.24, 2.45) is 0 Å². The summed E-state index contributed by atoms with van der Waals surface area (Å²) in [7, 11) is 1.77. The van der Waals surface area contributed by atoms with Gasteiger partial charge >= 0.3 is 0 Å². The lowest BCUT2D eigenvalue weighted by Crippen LogP contribution is -2.37. The molecule has 0 atom stereocenters. The quantitative estimate of drug-likeness (QED) is 0.509. The Kier molecular flexibility index (Phi) is 8.26. The number of likely N-dealkylation sites (N-methyl/N-ethyl adjacent to an activating group) is 1. The Morgan fingerprint density at radius 3 is 2.57 bits per heavy atom. The summed E-state index contributed by atoms with van der Waals surface area (Å²) in [6.45, 7) is 6.22. The van der Waals surface area contributed by atoms with E-state index in [4.69, 9.17) is 4.52 Å². The van der Waals surface area contributed by atoms with E-state index in [1.807, 2.05) is 43.3 Å². The van der Waals surface area contributed by atoms with Gasteiger partial charge in [-0.25, -0.2) is 0 Å². The molecule has 0 spiro atoms. The Hall–Kier alpha value is -3.52. The molecule has 2 aromatic carbocycles. The first-order chi connectivity index (χ1) is 17.0. The molecule has 4 rings (SSSR count). The number of amides is 2. The fourth-order valence-corrected chi connectivity index (χ4v) is 4.22. The van der Waals surface area contributed by atoms with E-state index in [0.29, 0.717) is 42.4 Å². The Morgan fingerprint density at radius 1 is 1.06 bits per heavy atom. The van der Waals surface area contributed by atoms with Gasteiger partial charge in [0, 0.05) is 49.8 Å². The second-order valence-corrected chi connectivity index (χ2v) is 9.10. The number of likely N-dealkylation sites (tertiary alicyclic amines) is 1. The van der Waals surface area contributed by atoms with Gasteiger partial charge in [0.2, 0.25) is 0 Å². The van der Waals surface area contributed by atoms with Crippen molar-refractivity contribution in [3.63, 3.8) is 0 Å². The molecule has 1 saturated heterocycles. The third kappa shape index (κ3) is 6.76. The number of hydrogen-bond acceptors (Lipinski definition) is 6. The summed E-state index contributed by atoms with van der Waals surface area (Å²) in [5.74, 6) is 0.802. The van der Waals surface area contributed by atoms with E-state index < -0.39 is 0 Å². The summed E-state index contributed by atoms with van der Waals surface area (Å²) in [6, 6.07) is 14.7. The van der Waals surface area contributed by atoms with E-state index in [0.717, 1.165) is 30.8 Å². The molecule has 8 heteroatoms. The van der Waals surface area contributed by atoms with Crippen LogP contribution in [0.25, 0.3) is 11.5 Å². The molecule has 0 saturated carbocycles. The maximum Gasteiger partial charge on any atom is 0.257 e. The zero-order valence-corrected chi connectivity index (χ0v) is 20.5. The molecule has 35 heavy (non-hydrogen) atoms. The second kappa shape index (κ2) is 11.8. The average molecular weight is 476 g/mol. The van der Waals surface area contributed by atoms with Gasteiger partial charge < -0.3 is 19.6 Å². The number of nitrogens with one attached hydrogen (secondary N) is 1. The van der Waals surface area contributed by atoms with Crippen LogP contribution in [-0.4, -0.2) is 71.5 Å². The summed E-state index contributed by atoms with van der Waals surface area (Å²) in [5.41, 5.74) is 3.06. The predicted octanol–water partition coefficient (Wildman–Crippen LogP) is 3.58. The van der Waals surface area contributed by atoms with E-state index in [9.17, 15) is 9.59 Å². The molecule has 0 bridgehead atoms. The highest BCUT2D eigenvalue weighted by molar-refractivity contribution is 5.95. The molecule has 1 fully saturated rings. The van der Waals surface area contributed by atoms with Gasteiger partial charge in [-0.1, -0.05) is 29.3 Å². The Morgan fingerprint density at radius 2 is 1.83 bits per heavy atom. The lowest BCUT2D eigenvalue weighted by molar-refractivity contribution is 0.0795. The van der Waals surface area contributed by atoms with E-state index in [1.165, 1.54) is 19.3 Å². The van der Waals surface area contributed by atoms with Crippen molar-refractivity contribution in [3.8, 4) is 11.5 Å². The van der Waals surface area contributed by atoms with Gasteiger partial charge in [0.15, 0.2) is 5.82 Å². The minimum absolute atomic E-state index is 0.0396. The highest BCUT2D eigenvalue weighted by Gasteiger charge is 2.15. The Balaban J connectivity index is 1.26. The summed E-state index contributed by atoms with van der Waals surface area (Å²) in [5, 5.41) is 7.04. The third-order valence-electron chi connectivity index (χ3n) is 6.31. The molecule has 0 radical (unpaired) electrons. The van der Waals surface area contributed by atoms with Crippen molar-refractivity contribution >= 4 is 11.8 Å². The summed E-state index contributed by atoms with van der Waals surface area (Å²) in [4.78, 5) is 33.6. The van der Waals surface area contributed by atoms with Crippen LogP contribution in [0.15, 0.2) is 53.1 Å². The van der Waals surface area contributed by atoms with Gasteiger partial charge in [-0.15, -0.1) is 0 Å². The van der Waals surface area contributed by atoms with Crippen LogP contribution in [0, 0.1) is 6.92 Å². The third-order valence-corrected chi connectivity index (χ3v) is 6.31. The smallest absolute Gasteiger partial charge is 0.257 e. The Bertz CT molecular complexity index is 1140. The van der Waals surface area contributed by atoms with Crippen molar-refractivity contribution in [1.82, 2.24) is 25.3 Å². The molecule has 0 aliphatic carbocycles. The van der Waals surface area contributed by atoms with E-state index in [-0.39, 0.29) is 11.8 Å². The van der Waals surface area contributed by atoms with Gasteiger partial charge in [-0.2, -0.15) is 4.98 Å². The molecule has 1 aliphatic rings. The molecule has 0 unspecified atom stereocenters. The lowest BCUT2D eigenvalue weighted by Gasteiger charge is -2.26. The van der Waals surface area contributed by atoms with Crippen LogP contribution in [-0.2, 0) is 6.42 Å². The van der Waals surface area contributed by atoms with Crippen LogP contribution in [0.5, 0.6) is 0 Å². The molecular formula is C27H33N5O3. The van der Waals surface area contributed by atoms with Crippen LogP contribution < -0.4 is 5.32 Å². The zero-order chi connectivity index (χ0) is 24.6. The normalized spacial score (nSPS) is 14.0. The molecule has 184 valence electrons. The van der Waals surface area contributed by atoms with E-state index in [2.05, 4.69) is 20.4 Å². The number of nitrogens with zero attached hydrogens (tertiary/aromatic N) is 4. The van der Waals surface area contributed by atoms with Gasteiger partial charge in [0.1, 0.15) is 0 Å². The number of hydrogen-bond donors (Lipinski definition) is 1. The van der Waals surface area contributed by atoms with Gasteiger partial charge in [0.05, 0.1) is 0 Å². The molecule has 2 amide bonds. The largest absolute Gasteiger partial charge is 0.351 e. The SMILES string of the molecule is Cc1cccc(C(=O)N(C)CCc2noc(-c3ccc(C(=O)NCCN4CCCCC4)cc3)n2)c1. The van der Waals surface area contributed by atoms with Crippen molar-refractivity contribution in [2.75, 3.05) is 39.8 Å². The fourth-order valence-electron chi connectivity index (χ4n) is 4.22. The number of piperidine rings is 1. The maximum atomic E-state index is 12.6. The second-order valence-electron chi connectivity index (χ2n) is 9.10. The van der Waals surface area contributed by atoms with Crippen molar-refractivity contribution in [3.05, 3.63) is 71.0 Å². The molecule has 1 aromatic heterocycles. The highest BCUT2D eigenvalue weighted by atomic mass is 16.5. The number of aromatic nitrogens is 2. The highest BCUT2D eigenvalue weighted by Crippen LogP contribution is 2.18. The van der Waals surface area contributed by atoms with Crippen LogP contribution in [0.4, 0.5) is 0 Å². The topological polar surface area (TPSA) is 91.6 Å². The van der Waals surface area contributed by atoms with Gasteiger partial charge in [0.25, 0.3) is 17.7 Å². The number of carbonyl (C=O) groups is 2. The van der Waals surface area contributed by atoms with Crippen LogP contribution in [0.3, 0.4) is 0 Å². The van der Waals surface area contributed by atoms with E-state index in [1.54, 1.807) is 24.1 Å². The van der Waals surface area contributed by atoms with Gasteiger partial charge in [-0.05, 0) is 69.3 Å². The molecule has 1 N–H and O–H groups in total. The molecule has 1 aliphatic heterocycles. The first-order valence-corrected chi connectivity index (χ1v) is 12.3. The standard InChI is InChI=1S/C27H33N5O3/c1-20-7-6-8-23(19-20)27(34)31(2)17-13-24-29-26(35-30-24)22-11-9-21(10-12-22)25(33)28-14-18-32-15-4-3-5-16-32/h6-12,19H,3-5,13-18H2,1-2H3,(H,28,33). The lowest BCUT2D eigenvalue weighted by atomic mass is 10.1. The molecular weight excluding hydrogens is 442 g/mol. The predicted molar refractivity (Wildman–Crippen MR) is 134 cm³/mol. The first-order valence-electron chi connectivity index (χ1n) is 12.3. The minimum Gasteiger partial charge on any atom is -0.351 e. The van der Waals surface area contributed by atoms with E-state index >= 15 is 0 Å². The minimum atomic E-state index is -0.0823. The number of benzene rings is 2. The van der Waals surface area contributed by atoms with Gasteiger partial charge in [-0.3, -0.25) is 9.59 Å². The monoisotopic (exact) mass is 475 g/mol. The first kappa shape index (κ1) is 24.6. The van der Waals surface area contributed by atoms with Crippen LogP contribution in [0.2, 0.25) is 0 Å². The number of rotatable bonds is 9. The van der Waals surface area contributed by atoms with Crippen LogP contribution >= 0.6 is 0 Å². The summed E-state index contributed by atoms with van der Waals surface area (Å²) >= 11 is 0. The summed E-state index contributed by atoms with van der Waals surface area (Å²) < 4.78 is 5.41. The van der Waals surface area contributed by atoms with Crippen LogP contribution in [0.1, 0.15) is 51.4 Å². The van der Waals surface area contributed by atoms with Crippen molar-refractivity contribution < 1.29 is 14.1 Å². The van der Waals surface area contributed by atoms with Crippen molar-refractivity contribution in [2.45, 2.75) is 32.6 Å².